The molecule has 0 spiro atoms. The maximum Gasteiger partial charge on any atom is 0.127 e. The second-order valence-electron chi connectivity index (χ2n) is 6.84. The van der Waals surface area contributed by atoms with E-state index in [1.54, 1.807) is 6.07 Å². The lowest BCUT2D eigenvalue weighted by atomic mass is 10.1. The van der Waals surface area contributed by atoms with Gasteiger partial charge in [-0.3, -0.25) is 4.90 Å². The Morgan fingerprint density at radius 3 is 2.52 bits per heavy atom. The van der Waals surface area contributed by atoms with Crippen LogP contribution in [0.25, 0.3) is 0 Å². The summed E-state index contributed by atoms with van der Waals surface area (Å²) in [6.07, 6.45) is 1.86. The van der Waals surface area contributed by atoms with Gasteiger partial charge in [0.15, 0.2) is 0 Å². The van der Waals surface area contributed by atoms with Crippen molar-refractivity contribution in [1.29, 1.82) is 0 Å². The lowest BCUT2D eigenvalue weighted by molar-refractivity contribution is 0.234. The molecular formula is C18H29FN2. The predicted molar refractivity (Wildman–Crippen MR) is 88.7 cm³/mol. The van der Waals surface area contributed by atoms with E-state index in [2.05, 4.69) is 51.4 Å². The van der Waals surface area contributed by atoms with Gasteiger partial charge in [0.05, 0.1) is 0 Å². The first-order valence-electron chi connectivity index (χ1n) is 7.60. The molecule has 1 rings (SSSR count). The Kier molecular flexibility index (Phi) is 6.56. The normalized spacial score (nSPS) is 12.2. The van der Waals surface area contributed by atoms with E-state index in [4.69, 9.17) is 0 Å². The van der Waals surface area contributed by atoms with Crippen LogP contribution in [0.15, 0.2) is 30.9 Å². The average Bonchev–Trinajstić information content (AvgIpc) is 2.37. The van der Waals surface area contributed by atoms with E-state index in [9.17, 15) is 4.39 Å². The van der Waals surface area contributed by atoms with Crippen molar-refractivity contribution in [3.05, 3.63) is 47.8 Å². The van der Waals surface area contributed by atoms with E-state index in [1.807, 2.05) is 18.2 Å². The Balaban J connectivity index is 2.83. The summed E-state index contributed by atoms with van der Waals surface area (Å²) in [5.74, 6) is -0.135. The zero-order valence-electron chi connectivity index (χ0n) is 14.0. The van der Waals surface area contributed by atoms with Crippen molar-refractivity contribution in [1.82, 2.24) is 10.2 Å². The molecule has 0 saturated heterocycles. The molecule has 2 nitrogen and oxygen atoms in total. The van der Waals surface area contributed by atoms with Crippen LogP contribution in [0.2, 0.25) is 0 Å². The van der Waals surface area contributed by atoms with E-state index in [-0.39, 0.29) is 11.4 Å². The highest BCUT2D eigenvalue weighted by atomic mass is 19.1. The molecule has 1 aromatic rings. The Labute approximate surface area is 129 Å². The molecule has 0 saturated carbocycles. The number of benzene rings is 1. The third-order valence-electron chi connectivity index (χ3n) is 3.40. The third-order valence-corrected chi connectivity index (χ3v) is 3.40. The molecule has 1 N–H and O–H groups in total. The highest BCUT2D eigenvalue weighted by molar-refractivity contribution is 5.25. The molecule has 3 heteroatoms. The summed E-state index contributed by atoms with van der Waals surface area (Å²) in [5, 5.41) is 3.43. The van der Waals surface area contributed by atoms with Gasteiger partial charge in [0, 0.05) is 36.8 Å². The molecule has 0 heterocycles. The molecule has 0 amide bonds. The summed E-state index contributed by atoms with van der Waals surface area (Å²) < 4.78 is 14.0. The van der Waals surface area contributed by atoms with E-state index < -0.39 is 0 Å². The number of hydrogen-bond donors (Lipinski definition) is 1. The van der Waals surface area contributed by atoms with Gasteiger partial charge in [0.2, 0.25) is 0 Å². The zero-order valence-corrected chi connectivity index (χ0v) is 14.0. The third kappa shape index (κ3) is 6.40. The van der Waals surface area contributed by atoms with E-state index in [1.165, 1.54) is 0 Å². The molecule has 118 valence electrons. The van der Waals surface area contributed by atoms with Gasteiger partial charge >= 0.3 is 0 Å². The van der Waals surface area contributed by atoms with Crippen molar-refractivity contribution in [2.75, 3.05) is 6.54 Å². The minimum atomic E-state index is -0.135. The van der Waals surface area contributed by atoms with Crippen LogP contribution in [-0.2, 0) is 13.1 Å². The number of rotatable bonds is 7. The largest absolute Gasteiger partial charge is 0.308 e. The van der Waals surface area contributed by atoms with Crippen LogP contribution in [-0.4, -0.2) is 23.0 Å². The lowest BCUT2D eigenvalue weighted by Gasteiger charge is -2.26. The van der Waals surface area contributed by atoms with E-state index in [0.717, 1.165) is 24.2 Å². The first kappa shape index (κ1) is 17.9. The van der Waals surface area contributed by atoms with Crippen molar-refractivity contribution in [2.45, 2.75) is 59.3 Å². The fraction of sp³-hybridized carbons (Fsp3) is 0.556. The van der Waals surface area contributed by atoms with Crippen LogP contribution in [0.3, 0.4) is 0 Å². The maximum absolute atomic E-state index is 14.0. The molecule has 1 aromatic carbocycles. The number of hydrogen-bond acceptors (Lipinski definition) is 2. The Morgan fingerprint density at radius 1 is 1.33 bits per heavy atom. The predicted octanol–water partition coefficient (Wildman–Crippen LogP) is 4.11. The van der Waals surface area contributed by atoms with Gasteiger partial charge in [0.25, 0.3) is 0 Å². The van der Waals surface area contributed by atoms with Gasteiger partial charge in [-0.05, 0) is 46.2 Å². The highest BCUT2D eigenvalue weighted by Gasteiger charge is 2.13. The standard InChI is InChI=1S/C18H29FN2/c1-7-10-21(14(2)3)13-16-11-15(8-9-17(16)19)12-20-18(4,5)6/h7-9,11,14,20H,1,10,12-13H2,2-6H3. The number of nitrogens with one attached hydrogen (secondary N) is 1. The second-order valence-corrected chi connectivity index (χ2v) is 6.84. The molecule has 0 aromatic heterocycles. The zero-order chi connectivity index (χ0) is 16.0. The second kappa shape index (κ2) is 7.71. The van der Waals surface area contributed by atoms with Crippen LogP contribution < -0.4 is 5.32 Å². The molecule has 0 radical (unpaired) electrons. The molecule has 0 atom stereocenters. The summed E-state index contributed by atoms with van der Waals surface area (Å²) in [7, 11) is 0. The minimum Gasteiger partial charge on any atom is -0.308 e. The summed E-state index contributed by atoms with van der Waals surface area (Å²) >= 11 is 0. The molecule has 0 unspecified atom stereocenters. The average molecular weight is 292 g/mol. The fourth-order valence-corrected chi connectivity index (χ4v) is 2.07. The van der Waals surface area contributed by atoms with Crippen molar-refractivity contribution >= 4 is 0 Å². The van der Waals surface area contributed by atoms with Crippen LogP contribution in [0.4, 0.5) is 4.39 Å². The van der Waals surface area contributed by atoms with Crippen LogP contribution in [0.5, 0.6) is 0 Å². The Hall–Kier alpha value is -1.19. The van der Waals surface area contributed by atoms with Gasteiger partial charge in [-0.25, -0.2) is 4.39 Å². The molecule has 0 bridgehead atoms. The van der Waals surface area contributed by atoms with Crippen LogP contribution >= 0.6 is 0 Å². The van der Waals surface area contributed by atoms with Crippen molar-refractivity contribution in [2.24, 2.45) is 0 Å². The summed E-state index contributed by atoms with van der Waals surface area (Å²) in [4.78, 5) is 2.20. The van der Waals surface area contributed by atoms with Gasteiger partial charge in [-0.2, -0.15) is 0 Å². The minimum absolute atomic E-state index is 0.0569. The molecule has 0 fully saturated rings. The molecule has 0 aliphatic heterocycles. The first-order chi connectivity index (χ1) is 9.73. The van der Waals surface area contributed by atoms with Crippen molar-refractivity contribution < 1.29 is 4.39 Å². The summed E-state index contributed by atoms with van der Waals surface area (Å²) in [5.41, 5.74) is 1.92. The topological polar surface area (TPSA) is 15.3 Å². The molecule has 21 heavy (non-hydrogen) atoms. The quantitative estimate of drug-likeness (QED) is 0.761. The van der Waals surface area contributed by atoms with Gasteiger partial charge in [-0.15, -0.1) is 6.58 Å². The maximum atomic E-state index is 14.0. The Bertz CT molecular complexity index is 461. The van der Waals surface area contributed by atoms with Crippen molar-refractivity contribution in [3.63, 3.8) is 0 Å². The van der Waals surface area contributed by atoms with Crippen molar-refractivity contribution in [3.8, 4) is 0 Å². The summed E-state index contributed by atoms with van der Waals surface area (Å²) in [6, 6.07) is 5.75. The van der Waals surface area contributed by atoms with E-state index in [0.29, 0.717) is 12.6 Å². The molecule has 0 aliphatic carbocycles. The van der Waals surface area contributed by atoms with Crippen LogP contribution in [0, 0.1) is 5.82 Å². The van der Waals surface area contributed by atoms with Gasteiger partial charge < -0.3 is 5.32 Å². The fourth-order valence-electron chi connectivity index (χ4n) is 2.07. The SMILES string of the molecule is C=CCN(Cc1cc(CNC(C)(C)C)ccc1F)C(C)C. The van der Waals surface area contributed by atoms with Gasteiger partial charge in [-0.1, -0.05) is 18.2 Å². The van der Waals surface area contributed by atoms with Crippen LogP contribution in [0.1, 0.15) is 45.7 Å². The van der Waals surface area contributed by atoms with Gasteiger partial charge in [0.1, 0.15) is 5.82 Å². The highest BCUT2D eigenvalue weighted by Crippen LogP contribution is 2.15. The lowest BCUT2D eigenvalue weighted by Crippen LogP contribution is -2.35. The monoisotopic (exact) mass is 292 g/mol. The number of nitrogens with zero attached hydrogens (tertiary/aromatic N) is 1. The molecule has 0 aliphatic rings. The smallest absolute Gasteiger partial charge is 0.127 e. The summed E-state index contributed by atoms with van der Waals surface area (Å²) in [6.45, 7) is 16.5. The number of halogens is 1. The first-order valence-corrected chi connectivity index (χ1v) is 7.60. The van der Waals surface area contributed by atoms with E-state index >= 15 is 0 Å². The molecular weight excluding hydrogens is 263 g/mol. The Morgan fingerprint density at radius 2 is 2.00 bits per heavy atom.